The van der Waals surface area contributed by atoms with Crippen molar-refractivity contribution in [3.8, 4) is 0 Å². The third-order valence-electron chi connectivity index (χ3n) is 11.3. The number of nitrogens with zero attached hydrogens (tertiary/aromatic N) is 1. The van der Waals surface area contributed by atoms with Gasteiger partial charge in [0.15, 0.2) is 5.34 Å². The van der Waals surface area contributed by atoms with E-state index in [1.807, 2.05) is 7.11 Å². The lowest BCUT2D eigenvalue weighted by Gasteiger charge is -2.62. The van der Waals surface area contributed by atoms with E-state index in [0.29, 0.717) is 23.4 Å². The summed E-state index contributed by atoms with van der Waals surface area (Å²) in [7, 11) is 1.83. The van der Waals surface area contributed by atoms with Crippen LogP contribution in [0, 0.1) is 57.2 Å². The summed E-state index contributed by atoms with van der Waals surface area (Å²) < 4.78 is 5.76. The highest BCUT2D eigenvalue weighted by atomic mass is 16.7. The fourth-order valence-electron chi connectivity index (χ4n) is 9.64. The van der Waals surface area contributed by atoms with Gasteiger partial charge >= 0.3 is 0 Å². The smallest absolute Gasteiger partial charge is 0.155 e. The number of rotatable bonds is 8. The maximum atomic E-state index is 11.2. The molecule has 4 fully saturated rings. The largest absolute Gasteiger partial charge is 0.381 e. The van der Waals surface area contributed by atoms with E-state index in [-0.39, 0.29) is 11.5 Å². The zero-order valence-corrected chi connectivity index (χ0v) is 21.6. The zero-order valence-electron chi connectivity index (χ0n) is 21.6. The van der Waals surface area contributed by atoms with Gasteiger partial charge in [-0.25, -0.2) is 0 Å². The summed E-state index contributed by atoms with van der Waals surface area (Å²) in [6, 6.07) is 0. The molecule has 0 aliphatic heterocycles. The molecule has 0 amide bonds. The molecule has 0 radical (unpaired) electrons. The van der Waals surface area contributed by atoms with E-state index in [2.05, 4.69) is 40.0 Å². The van der Waals surface area contributed by atoms with Crippen LogP contribution in [0.5, 0.6) is 0 Å². The molecule has 0 aromatic rings. The van der Waals surface area contributed by atoms with E-state index in [0.717, 1.165) is 48.9 Å². The molecule has 0 aromatic carbocycles. The lowest BCUT2D eigenvalue weighted by Crippen LogP contribution is -2.58. The standard InChI is InChI=1S/C28H49NO3/c1-18(2)8-7-9-19(3)22-10-11-23-21-17-26(32-29-30)25-16-20(31-6)12-14-28(25,5)24(21)13-15-27(22,23)4/h18-26H,7-17H2,1-6H3/t19-,20+,21+,22-,23+,24+,25-,26-,27-,28-/m1/s1. The van der Waals surface area contributed by atoms with E-state index in [1.54, 1.807) is 0 Å². The monoisotopic (exact) mass is 447 g/mol. The summed E-state index contributed by atoms with van der Waals surface area (Å²) in [5, 5.41) is 2.97. The van der Waals surface area contributed by atoms with Crippen LogP contribution >= 0.6 is 0 Å². The SMILES string of the molecule is CO[C@H]1CC[C@@]2(C)[C@H](C1)[C@H](ON=O)C[C@@H]1[C@@H]2CC[C@]2(C)[C@@H]([C@H](C)CCCC(C)C)CC[C@@H]12. The molecular formula is C28H49NO3. The predicted molar refractivity (Wildman–Crippen MR) is 130 cm³/mol. The molecule has 4 saturated carbocycles. The van der Waals surface area contributed by atoms with Crippen LogP contribution in [0.15, 0.2) is 5.34 Å². The summed E-state index contributed by atoms with van der Waals surface area (Å²) in [6.07, 6.45) is 14.3. The molecule has 4 nitrogen and oxygen atoms in total. The normalized spacial score (nSPS) is 46.8. The highest BCUT2D eigenvalue weighted by Gasteiger charge is 2.63. The van der Waals surface area contributed by atoms with Crippen molar-refractivity contribution in [2.24, 2.45) is 57.6 Å². The second-order valence-electron chi connectivity index (χ2n) is 13.1. The Kier molecular flexibility index (Phi) is 7.30. The average molecular weight is 448 g/mol. The molecule has 0 aromatic heterocycles. The molecule has 10 atom stereocenters. The Hall–Kier alpha value is -0.640. The topological polar surface area (TPSA) is 47.9 Å². The van der Waals surface area contributed by atoms with E-state index in [1.165, 1.54) is 51.4 Å². The molecule has 0 saturated heterocycles. The summed E-state index contributed by atoms with van der Waals surface area (Å²) in [4.78, 5) is 16.8. The Balaban J connectivity index is 1.53. The van der Waals surface area contributed by atoms with E-state index < -0.39 is 0 Å². The molecule has 32 heavy (non-hydrogen) atoms. The van der Waals surface area contributed by atoms with Gasteiger partial charge in [-0.05, 0) is 97.7 Å². The molecule has 4 heteroatoms. The van der Waals surface area contributed by atoms with Crippen molar-refractivity contribution in [1.29, 1.82) is 0 Å². The third kappa shape index (κ3) is 4.16. The minimum Gasteiger partial charge on any atom is -0.381 e. The van der Waals surface area contributed by atoms with Crippen molar-refractivity contribution in [1.82, 2.24) is 0 Å². The van der Waals surface area contributed by atoms with Crippen LogP contribution in [0.1, 0.15) is 105 Å². The van der Waals surface area contributed by atoms with E-state index >= 15 is 0 Å². The van der Waals surface area contributed by atoms with Gasteiger partial charge in [0.2, 0.25) is 0 Å². The van der Waals surface area contributed by atoms with Gasteiger partial charge in [0.05, 0.1) is 6.10 Å². The van der Waals surface area contributed by atoms with E-state index in [9.17, 15) is 4.91 Å². The van der Waals surface area contributed by atoms with Gasteiger partial charge in [0, 0.05) is 13.0 Å². The summed E-state index contributed by atoms with van der Waals surface area (Å²) in [5.41, 5.74) is 0.722. The van der Waals surface area contributed by atoms with Crippen LogP contribution in [0.4, 0.5) is 0 Å². The maximum Gasteiger partial charge on any atom is 0.155 e. The first kappa shape index (κ1) is 24.5. The second kappa shape index (κ2) is 9.55. The van der Waals surface area contributed by atoms with Crippen LogP contribution in [0.25, 0.3) is 0 Å². The van der Waals surface area contributed by atoms with Crippen molar-refractivity contribution in [2.75, 3.05) is 7.11 Å². The molecule has 0 spiro atoms. The van der Waals surface area contributed by atoms with Gasteiger partial charge < -0.3 is 9.57 Å². The number of fused-ring (bicyclic) bond motifs is 5. The van der Waals surface area contributed by atoms with Gasteiger partial charge in [-0.1, -0.05) is 53.9 Å². The molecule has 0 bridgehead atoms. The number of hydrogen-bond acceptors (Lipinski definition) is 4. The van der Waals surface area contributed by atoms with Gasteiger partial charge in [0.1, 0.15) is 6.10 Å². The lowest BCUT2D eigenvalue weighted by atomic mass is 9.43. The second-order valence-corrected chi connectivity index (χ2v) is 13.1. The first-order valence-electron chi connectivity index (χ1n) is 13.8. The van der Waals surface area contributed by atoms with Crippen molar-refractivity contribution >= 4 is 0 Å². The zero-order chi connectivity index (χ0) is 23.1. The predicted octanol–water partition coefficient (Wildman–Crippen LogP) is 7.80. The van der Waals surface area contributed by atoms with Crippen LogP contribution in [-0.2, 0) is 9.57 Å². The molecule has 0 N–H and O–H groups in total. The van der Waals surface area contributed by atoms with Gasteiger partial charge in [0.25, 0.3) is 0 Å². The summed E-state index contributed by atoms with van der Waals surface area (Å²) in [6.45, 7) is 12.4. The lowest BCUT2D eigenvalue weighted by molar-refractivity contribution is -0.189. The highest BCUT2D eigenvalue weighted by Crippen LogP contribution is 2.68. The van der Waals surface area contributed by atoms with Crippen molar-refractivity contribution < 1.29 is 9.57 Å². The third-order valence-corrected chi connectivity index (χ3v) is 11.3. The number of methoxy groups -OCH3 is 1. The van der Waals surface area contributed by atoms with Gasteiger partial charge in [-0.3, -0.25) is 0 Å². The Morgan fingerprint density at radius 3 is 2.31 bits per heavy atom. The highest BCUT2D eigenvalue weighted by molar-refractivity contribution is 5.11. The van der Waals surface area contributed by atoms with Crippen LogP contribution in [0.2, 0.25) is 0 Å². The Labute approximate surface area is 196 Å². The van der Waals surface area contributed by atoms with Crippen molar-refractivity contribution in [2.45, 2.75) is 117 Å². The Bertz CT molecular complexity index is 653. The van der Waals surface area contributed by atoms with Gasteiger partial charge in [-0.15, -0.1) is 4.91 Å². The molecule has 0 heterocycles. The van der Waals surface area contributed by atoms with Crippen molar-refractivity contribution in [3.05, 3.63) is 4.91 Å². The molecule has 4 aliphatic rings. The first-order valence-corrected chi connectivity index (χ1v) is 13.8. The molecular weight excluding hydrogens is 398 g/mol. The minimum absolute atomic E-state index is 0.0263. The fourth-order valence-corrected chi connectivity index (χ4v) is 9.64. The summed E-state index contributed by atoms with van der Waals surface area (Å²) in [5.74, 6) is 5.15. The van der Waals surface area contributed by atoms with Crippen LogP contribution in [0.3, 0.4) is 0 Å². The summed E-state index contributed by atoms with van der Waals surface area (Å²) >= 11 is 0. The quantitative estimate of drug-likeness (QED) is 0.282. The molecule has 4 rings (SSSR count). The first-order chi connectivity index (χ1) is 15.2. The Morgan fingerprint density at radius 2 is 1.62 bits per heavy atom. The fraction of sp³-hybridized carbons (Fsp3) is 1.00. The average Bonchev–Trinajstić information content (AvgIpc) is 3.11. The van der Waals surface area contributed by atoms with Gasteiger partial charge in [-0.2, -0.15) is 0 Å². The van der Waals surface area contributed by atoms with E-state index in [4.69, 9.17) is 9.57 Å². The Morgan fingerprint density at radius 1 is 0.906 bits per heavy atom. The minimum atomic E-state index is -0.0263. The number of ether oxygens (including phenoxy) is 1. The molecule has 4 aliphatic carbocycles. The molecule has 0 unspecified atom stereocenters. The van der Waals surface area contributed by atoms with Crippen molar-refractivity contribution in [3.63, 3.8) is 0 Å². The maximum absolute atomic E-state index is 11.2. The van der Waals surface area contributed by atoms with Crippen LogP contribution < -0.4 is 0 Å². The van der Waals surface area contributed by atoms with Crippen LogP contribution in [-0.4, -0.2) is 19.3 Å². The molecule has 184 valence electrons. The number of hydrogen-bond donors (Lipinski definition) is 0.